The summed E-state index contributed by atoms with van der Waals surface area (Å²) in [5, 5.41) is 3.12. The van der Waals surface area contributed by atoms with E-state index in [1.807, 2.05) is 0 Å². The zero-order chi connectivity index (χ0) is 7.40. The molecule has 1 heterocycles. The number of hydrogen-bond acceptors (Lipinski definition) is 3. The second kappa shape index (κ2) is 3.53. The number of ether oxygens (including phenoxy) is 1. The van der Waals surface area contributed by atoms with Gasteiger partial charge in [-0.15, -0.1) is 0 Å². The number of carbonyl (C=O) groups excluding carboxylic acids is 1. The molecule has 1 atom stereocenters. The Morgan fingerprint density at radius 1 is 1.80 bits per heavy atom. The van der Waals surface area contributed by atoms with Crippen LogP contribution in [0.3, 0.4) is 0 Å². The van der Waals surface area contributed by atoms with Gasteiger partial charge in [0.25, 0.3) is 0 Å². The van der Waals surface area contributed by atoms with Crippen LogP contribution in [0.25, 0.3) is 0 Å². The minimum absolute atomic E-state index is 0.0775. The lowest BCUT2D eigenvalue weighted by atomic mass is 10.4. The monoisotopic (exact) mass is 144 g/mol. The van der Waals surface area contributed by atoms with E-state index in [2.05, 4.69) is 5.32 Å². The van der Waals surface area contributed by atoms with Gasteiger partial charge in [-0.25, -0.2) is 0 Å². The first-order valence-electron chi connectivity index (χ1n) is 3.34. The molecule has 1 rings (SSSR count). The molecule has 58 valence electrons. The molecule has 1 aliphatic rings. The van der Waals surface area contributed by atoms with Crippen molar-refractivity contribution >= 4 is 6.41 Å². The van der Waals surface area contributed by atoms with E-state index in [0.29, 0.717) is 6.61 Å². The van der Waals surface area contributed by atoms with Crippen LogP contribution in [-0.2, 0) is 9.53 Å². The van der Waals surface area contributed by atoms with Gasteiger partial charge >= 0.3 is 0 Å². The number of morpholine rings is 1. The van der Waals surface area contributed by atoms with E-state index < -0.39 is 0 Å². The average molecular weight is 144 g/mol. The summed E-state index contributed by atoms with van der Waals surface area (Å²) in [7, 11) is 1.71. The minimum Gasteiger partial charge on any atom is -0.356 e. The quantitative estimate of drug-likeness (QED) is 0.506. The van der Waals surface area contributed by atoms with E-state index in [-0.39, 0.29) is 6.23 Å². The highest BCUT2D eigenvalue weighted by molar-refractivity contribution is 5.46. The third-order valence-electron chi connectivity index (χ3n) is 1.53. The van der Waals surface area contributed by atoms with Gasteiger partial charge in [-0.3, -0.25) is 4.79 Å². The molecule has 0 radical (unpaired) electrons. The summed E-state index contributed by atoms with van der Waals surface area (Å²) < 4.78 is 5.26. The summed E-state index contributed by atoms with van der Waals surface area (Å²) in [6.45, 7) is 2.29. The Labute approximate surface area is 60.1 Å². The zero-order valence-corrected chi connectivity index (χ0v) is 6.04. The van der Waals surface area contributed by atoms with E-state index in [0.717, 1.165) is 19.5 Å². The fourth-order valence-electron chi connectivity index (χ4n) is 0.881. The SMILES string of the molecule is CN(C=O)C1CNCCO1. The van der Waals surface area contributed by atoms with Crippen LogP contribution in [0.1, 0.15) is 0 Å². The van der Waals surface area contributed by atoms with Crippen LogP contribution in [0.5, 0.6) is 0 Å². The van der Waals surface area contributed by atoms with Crippen LogP contribution in [0.4, 0.5) is 0 Å². The van der Waals surface area contributed by atoms with Crippen molar-refractivity contribution in [3.05, 3.63) is 0 Å². The van der Waals surface area contributed by atoms with Crippen molar-refractivity contribution in [1.82, 2.24) is 10.2 Å². The predicted molar refractivity (Wildman–Crippen MR) is 36.4 cm³/mol. The molecule has 0 aromatic carbocycles. The standard InChI is InChI=1S/C6H12N2O2/c1-8(5-9)6-4-7-2-3-10-6/h5-7H,2-4H2,1H3. The van der Waals surface area contributed by atoms with Gasteiger partial charge in [0.1, 0.15) is 6.23 Å². The molecule has 1 saturated heterocycles. The Balaban J connectivity index is 2.30. The van der Waals surface area contributed by atoms with Crippen molar-refractivity contribution in [2.24, 2.45) is 0 Å². The first kappa shape index (κ1) is 7.50. The van der Waals surface area contributed by atoms with Gasteiger partial charge in [-0.05, 0) is 0 Å². The number of likely N-dealkylation sites (N-methyl/N-ethyl adjacent to an activating group) is 1. The number of nitrogens with zero attached hydrogens (tertiary/aromatic N) is 1. The number of nitrogens with one attached hydrogen (secondary N) is 1. The summed E-state index contributed by atoms with van der Waals surface area (Å²) in [6.07, 6.45) is 0.698. The Hall–Kier alpha value is -0.610. The second-order valence-electron chi connectivity index (χ2n) is 2.30. The fourth-order valence-corrected chi connectivity index (χ4v) is 0.881. The Morgan fingerprint density at radius 3 is 3.10 bits per heavy atom. The maximum atomic E-state index is 10.2. The molecule has 0 saturated carbocycles. The van der Waals surface area contributed by atoms with Crippen molar-refractivity contribution in [3.8, 4) is 0 Å². The summed E-state index contributed by atoms with van der Waals surface area (Å²) >= 11 is 0. The number of rotatable bonds is 2. The molecule has 0 aromatic rings. The number of amides is 1. The van der Waals surface area contributed by atoms with Crippen LogP contribution >= 0.6 is 0 Å². The smallest absolute Gasteiger partial charge is 0.211 e. The highest BCUT2D eigenvalue weighted by Gasteiger charge is 2.15. The molecular formula is C6H12N2O2. The Bertz CT molecular complexity index is 112. The van der Waals surface area contributed by atoms with Gasteiger partial charge in [0.15, 0.2) is 0 Å². The van der Waals surface area contributed by atoms with E-state index in [9.17, 15) is 4.79 Å². The van der Waals surface area contributed by atoms with Crippen molar-refractivity contribution in [2.75, 3.05) is 26.7 Å². The van der Waals surface area contributed by atoms with Crippen LogP contribution < -0.4 is 5.32 Å². The van der Waals surface area contributed by atoms with Crippen molar-refractivity contribution < 1.29 is 9.53 Å². The fraction of sp³-hybridized carbons (Fsp3) is 0.833. The summed E-state index contributed by atoms with van der Waals surface area (Å²) in [4.78, 5) is 11.7. The molecule has 0 spiro atoms. The van der Waals surface area contributed by atoms with Crippen molar-refractivity contribution in [1.29, 1.82) is 0 Å². The van der Waals surface area contributed by atoms with Gasteiger partial charge in [-0.1, -0.05) is 0 Å². The van der Waals surface area contributed by atoms with E-state index in [1.165, 1.54) is 4.90 Å². The predicted octanol–water partition coefficient (Wildman–Crippen LogP) is -0.979. The molecule has 10 heavy (non-hydrogen) atoms. The van der Waals surface area contributed by atoms with Crippen LogP contribution in [0.2, 0.25) is 0 Å². The third kappa shape index (κ3) is 1.68. The molecule has 1 aliphatic heterocycles. The van der Waals surface area contributed by atoms with Crippen molar-refractivity contribution in [3.63, 3.8) is 0 Å². The first-order chi connectivity index (χ1) is 4.84. The Kier molecular flexibility index (Phi) is 2.65. The lowest BCUT2D eigenvalue weighted by molar-refractivity contribution is -0.131. The molecule has 1 N–H and O–H groups in total. The van der Waals surface area contributed by atoms with Crippen LogP contribution in [-0.4, -0.2) is 44.3 Å². The molecule has 1 unspecified atom stereocenters. The molecule has 0 aliphatic carbocycles. The summed E-state index contributed by atoms with van der Waals surface area (Å²) in [5.74, 6) is 0. The average Bonchev–Trinajstić information content (AvgIpc) is 2.05. The second-order valence-corrected chi connectivity index (χ2v) is 2.30. The van der Waals surface area contributed by atoms with Gasteiger partial charge < -0.3 is 15.0 Å². The van der Waals surface area contributed by atoms with E-state index in [4.69, 9.17) is 4.74 Å². The maximum Gasteiger partial charge on any atom is 0.211 e. The molecule has 4 nitrogen and oxygen atoms in total. The highest BCUT2D eigenvalue weighted by Crippen LogP contribution is 1.97. The molecule has 1 fully saturated rings. The summed E-state index contributed by atoms with van der Waals surface area (Å²) in [5.41, 5.74) is 0. The molecule has 0 aromatic heterocycles. The van der Waals surface area contributed by atoms with E-state index >= 15 is 0 Å². The number of carbonyl (C=O) groups is 1. The molecule has 0 bridgehead atoms. The van der Waals surface area contributed by atoms with Gasteiger partial charge in [0.2, 0.25) is 6.41 Å². The van der Waals surface area contributed by atoms with Gasteiger partial charge in [0, 0.05) is 20.1 Å². The topological polar surface area (TPSA) is 41.6 Å². The minimum atomic E-state index is -0.0775. The highest BCUT2D eigenvalue weighted by atomic mass is 16.5. The van der Waals surface area contributed by atoms with Crippen LogP contribution in [0, 0.1) is 0 Å². The first-order valence-corrected chi connectivity index (χ1v) is 3.34. The lowest BCUT2D eigenvalue weighted by Crippen LogP contribution is -2.47. The third-order valence-corrected chi connectivity index (χ3v) is 1.53. The zero-order valence-electron chi connectivity index (χ0n) is 6.04. The molecular weight excluding hydrogens is 132 g/mol. The van der Waals surface area contributed by atoms with Gasteiger partial charge in [0.05, 0.1) is 6.61 Å². The normalized spacial score (nSPS) is 25.9. The van der Waals surface area contributed by atoms with Crippen molar-refractivity contribution in [2.45, 2.75) is 6.23 Å². The van der Waals surface area contributed by atoms with Crippen LogP contribution in [0.15, 0.2) is 0 Å². The summed E-state index contributed by atoms with van der Waals surface area (Å²) in [6, 6.07) is 0. The largest absolute Gasteiger partial charge is 0.356 e. The van der Waals surface area contributed by atoms with E-state index in [1.54, 1.807) is 7.05 Å². The molecule has 1 amide bonds. The number of hydrogen-bond donors (Lipinski definition) is 1. The lowest BCUT2D eigenvalue weighted by Gasteiger charge is -2.28. The Morgan fingerprint density at radius 2 is 2.60 bits per heavy atom. The molecule has 4 heteroatoms. The van der Waals surface area contributed by atoms with Gasteiger partial charge in [-0.2, -0.15) is 0 Å². The maximum absolute atomic E-state index is 10.2.